The molecule has 1 aliphatic rings. The molecule has 1 N–H and O–H groups in total. The first-order valence-corrected chi connectivity index (χ1v) is 6.16. The summed E-state index contributed by atoms with van der Waals surface area (Å²) in [5.74, 6) is -0.935. The summed E-state index contributed by atoms with van der Waals surface area (Å²) in [4.78, 5) is 11.2. The molecule has 0 aliphatic carbocycles. The fraction of sp³-hybridized carbons (Fsp3) is 0.500. The van der Waals surface area contributed by atoms with Gasteiger partial charge in [0.25, 0.3) is 0 Å². The van der Waals surface area contributed by atoms with Crippen LogP contribution in [0.4, 0.5) is 4.39 Å². The fourth-order valence-corrected chi connectivity index (χ4v) is 1.98. The zero-order valence-corrected chi connectivity index (χ0v) is 11.2. The van der Waals surface area contributed by atoms with Crippen molar-refractivity contribution in [3.8, 4) is 11.5 Å². The monoisotopic (exact) mass is 268 g/mol. The number of ether oxygens (including phenoxy) is 2. The highest BCUT2D eigenvalue weighted by Crippen LogP contribution is 2.42. The second-order valence-electron chi connectivity index (χ2n) is 5.12. The Hall–Kier alpha value is -1.78. The Morgan fingerprint density at radius 3 is 2.58 bits per heavy atom. The lowest BCUT2D eigenvalue weighted by Gasteiger charge is -2.26. The number of aliphatic carboxylic acids is 1. The molecule has 1 aromatic carbocycles. The van der Waals surface area contributed by atoms with Gasteiger partial charge in [-0.25, -0.2) is 4.39 Å². The molecule has 1 aromatic rings. The predicted molar refractivity (Wildman–Crippen MR) is 67.6 cm³/mol. The van der Waals surface area contributed by atoms with Gasteiger partial charge in [0.15, 0.2) is 11.5 Å². The summed E-state index contributed by atoms with van der Waals surface area (Å²) in [5, 5.41) is 9.14. The molecule has 4 nitrogen and oxygen atoms in total. The third-order valence-electron chi connectivity index (χ3n) is 3.19. The van der Waals surface area contributed by atoms with E-state index in [1.165, 1.54) is 13.8 Å². The molecule has 1 heterocycles. The van der Waals surface area contributed by atoms with Crippen LogP contribution in [-0.4, -0.2) is 24.3 Å². The molecule has 0 saturated heterocycles. The molecule has 2 rings (SSSR count). The van der Waals surface area contributed by atoms with Crippen LogP contribution < -0.4 is 9.47 Å². The van der Waals surface area contributed by atoms with Gasteiger partial charge < -0.3 is 14.6 Å². The lowest BCUT2D eigenvalue weighted by molar-refractivity contribution is -0.138. The number of carbonyl (C=O) groups is 1. The Kier molecular flexibility index (Phi) is 3.39. The number of alkyl halides is 1. The second kappa shape index (κ2) is 4.72. The fourth-order valence-electron chi connectivity index (χ4n) is 1.98. The molecule has 1 unspecified atom stereocenters. The topological polar surface area (TPSA) is 55.8 Å². The minimum Gasteiger partial charge on any atom is -0.486 e. The van der Waals surface area contributed by atoms with Crippen molar-refractivity contribution in [2.75, 3.05) is 13.2 Å². The molecule has 0 fully saturated rings. The second-order valence-corrected chi connectivity index (χ2v) is 5.12. The number of hydrogen-bond donors (Lipinski definition) is 1. The molecule has 0 saturated carbocycles. The van der Waals surface area contributed by atoms with E-state index >= 15 is 0 Å². The third-order valence-corrected chi connectivity index (χ3v) is 3.19. The highest BCUT2D eigenvalue weighted by molar-refractivity contribution is 5.77. The highest BCUT2D eigenvalue weighted by Gasteiger charge is 2.29. The number of benzene rings is 1. The molecule has 1 atom stereocenters. The summed E-state index contributed by atoms with van der Waals surface area (Å²) >= 11 is 0. The van der Waals surface area contributed by atoms with Gasteiger partial charge in [-0.05, 0) is 38.5 Å². The Balaban J connectivity index is 2.59. The maximum Gasteiger partial charge on any atom is 0.310 e. The van der Waals surface area contributed by atoms with Crippen molar-refractivity contribution in [2.24, 2.45) is 0 Å². The zero-order chi connectivity index (χ0) is 14.2. The normalized spacial score (nSPS) is 16.0. The van der Waals surface area contributed by atoms with E-state index in [4.69, 9.17) is 14.6 Å². The summed E-state index contributed by atoms with van der Waals surface area (Å²) in [5.41, 5.74) is -0.728. The minimum atomic E-state index is -1.57. The van der Waals surface area contributed by atoms with E-state index in [1.807, 2.05) is 0 Å². The van der Waals surface area contributed by atoms with Crippen LogP contribution in [0.3, 0.4) is 0 Å². The number of halogens is 1. The number of carboxylic acids is 1. The van der Waals surface area contributed by atoms with Gasteiger partial charge in [-0.2, -0.15) is 0 Å². The van der Waals surface area contributed by atoms with Crippen LogP contribution in [0.1, 0.15) is 37.8 Å². The van der Waals surface area contributed by atoms with Crippen LogP contribution in [0, 0.1) is 0 Å². The van der Waals surface area contributed by atoms with Crippen molar-refractivity contribution < 1.29 is 23.8 Å². The van der Waals surface area contributed by atoms with Crippen LogP contribution in [0.25, 0.3) is 0 Å². The highest BCUT2D eigenvalue weighted by atomic mass is 19.1. The van der Waals surface area contributed by atoms with Crippen LogP contribution in [0.2, 0.25) is 0 Å². The van der Waals surface area contributed by atoms with Gasteiger partial charge in [0.1, 0.15) is 18.9 Å². The molecule has 0 amide bonds. The van der Waals surface area contributed by atoms with E-state index in [-0.39, 0.29) is 0 Å². The van der Waals surface area contributed by atoms with Crippen molar-refractivity contribution in [1.82, 2.24) is 0 Å². The van der Waals surface area contributed by atoms with Crippen LogP contribution in [-0.2, 0) is 10.5 Å². The standard InChI is InChI=1S/C14H17FO4/c1-8(13(16)17)10-6-9(14(2,3)15)7-11-12(10)19-5-4-18-11/h6-8H,4-5H2,1-3H3,(H,16,17). The molecule has 1 aliphatic heterocycles. The van der Waals surface area contributed by atoms with Gasteiger partial charge in [-0.1, -0.05) is 0 Å². The molecule has 0 spiro atoms. The number of hydrogen-bond acceptors (Lipinski definition) is 3. The van der Waals surface area contributed by atoms with E-state index in [2.05, 4.69) is 0 Å². The predicted octanol–water partition coefficient (Wildman–Crippen LogP) is 2.85. The first-order chi connectivity index (χ1) is 8.80. The summed E-state index contributed by atoms with van der Waals surface area (Å²) in [6.07, 6.45) is 0. The maximum atomic E-state index is 14.1. The van der Waals surface area contributed by atoms with E-state index in [0.717, 1.165) is 0 Å². The summed E-state index contributed by atoms with van der Waals surface area (Å²) in [6, 6.07) is 3.12. The van der Waals surface area contributed by atoms with E-state index in [1.54, 1.807) is 19.1 Å². The Morgan fingerprint density at radius 1 is 1.37 bits per heavy atom. The van der Waals surface area contributed by atoms with Crippen molar-refractivity contribution >= 4 is 5.97 Å². The largest absolute Gasteiger partial charge is 0.486 e. The van der Waals surface area contributed by atoms with Crippen molar-refractivity contribution in [3.05, 3.63) is 23.3 Å². The number of rotatable bonds is 3. The Labute approximate surface area is 111 Å². The minimum absolute atomic E-state index is 0.366. The lowest BCUT2D eigenvalue weighted by atomic mass is 9.92. The smallest absolute Gasteiger partial charge is 0.310 e. The van der Waals surface area contributed by atoms with Gasteiger partial charge in [-0.3, -0.25) is 4.79 Å². The Bertz CT molecular complexity index is 505. The molecule has 19 heavy (non-hydrogen) atoms. The summed E-state index contributed by atoms with van der Waals surface area (Å²) in [6.45, 7) is 5.14. The van der Waals surface area contributed by atoms with Gasteiger partial charge in [0.2, 0.25) is 0 Å². The third kappa shape index (κ3) is 2.64. The van der Waals surface area contributed by atoms with Crippen LogP contribution in [0.5, 0.6) is 11.5 Å². The average Bonchev–Trinajstić information content (AvgIpc) is 2.35. The van der Waals surface area contributed by atoms with E-state index in [0.29, 0.717) is 35.8 Å². The maximum absolute atomic E-state index is 14.1. The van der Waals surface area contributed by atoms with E-state index < -0.39 is 17.6 Å². The molecule has 0 bridgehead atoms. The van der Waals surface area contributed by atoms with Gasteiger partial charge in [0, 0.05) is 5.56 Å². The quantitative estimate of drug-likeness (QED) is 0.915. The van der Waals surface area contributed by atoms with Crippen molar-refractivity contribution in [3.63, 3.8) is 0 Å². The molecule has 0 aromatic heterocycles. The van der Waals surface area contributed by atoms with Crippen LogP contribution in [0.15, 0.2) is 12.1 Å². The van der Waals surface area contributed by atoms with Gasteiger partial charge in [0.05, 0.1) is 5.92 Å². The van der Waals surface area contributed by atoms with Crippen LogP contribution >= 0.6 is 0 Å². The Morgan fingerprint density at radius 2 is 2.00 bits per heavy atom. The summed E-state index contributed by atoms with van der Waals surface area (Å²) < 4.78 is 25.0. The SMILES string of the molecule is CC(C(=O)O)c1cc(C(C)(C)F)cc2c1OCCO2. The van der Waals surface area contributed by atoms with Crippen molar-refractivity contribution in [2.45, 2.75) is 32.4 Å². The number of fused-ring (bicyclic) bond motifs is 1. The molecular weight excluding hydrogens is 251 g/mol. The van der Waals surface area contributed by atoms with E-state index in [9.17, 15) is 9.18 Å². The first-order valence-electron chi connectivity index (χ1n) is 6.16. The zero-order valence-electron chi connectivity index (χ0n) is 11.2. The van der Waals surface area contributed by atoms with Gasteiger partial charge in [-0.15, -0.1) is 0 Å². The molecular formula is C14H17FO4. The van der Waals surface area contributed by atoms with Gasteiger partial charge >= 0.3 is 5.97 Å². The molecule has 104 valence electrons. The number of carboxylic acid groups (broad SMARTS) is 1. The molecule has 0 radical (unpaired) electrons. The summed E-state index contributed by atoms with van der Waals surface area (Å²) in [7, 11) is 0. The average molecular weight is 268 g/mol. The molecule has 5 heteroatoms. The van der Waals surface area contributed by atoms with Crippen molar-refractivity contribution in [1.29, 1.82) is 0 Å². The lowest BCUT2D eigenvalue weighted by Crippen LogP contribution is -2.20. The first kappa shape index (κ1) is 13.6.